The van der Waals surface area contributed by atoms with E-state index in [9.17, 15) is 18.0 Å². The third kappa shape index (κ3) is 4.90. The van der Waals surface area contributed by atoms with Crippen molar-refractivity contribution in [3.8, 4) is 5.75 Å². The van der Waals surface area contributed by atoms with Crippen LogP contribution in [0.4, 0.5) is 18.9 Å². The summed E-state index contributed by atoms with van der Waals surface area (Å²) in [6.45, 7) is 1.12. The molecular formula is C22H21ClF3NO3. The van der Waals surface area contributed by atoms with Crippen molar-refractivity contribution in [1.29, 1.82) is 0 Å². The fourth-order valence-electron chi connectivity index (χ4n) is 3.68. The molecule has 2 aliphatic rings. The molecule has 0 bridgehead atoms. The molecule has 2 aromatic rings. The van der Waals surface area contributed by atoms with Crippen LogP contribution in [0.2, 0.25) is 5.02 Å². The van der Waals surface area contributed by atoms with Crippen molar-refractivity contribution in [2.45, 2.75) is 37.5 Å². The maximum absolute atomic E-state index is 12.7. The first-order valence-corrected chi connectivity index (χ1v) is 10.2. The Balaban J connectivity index is 1.39. The predicted molar refractivity (Wildman–Crippen MR) is 107 cm³/mol. The second-order valence-corrected chi connectivity index (χ2v) is 8.08. The summed E-state index contributed by atoms with van der Waals surface area (Å²) in [5, 5.41) is 3.32. The van der Waals surface area contributed by atoms with Crippen molar-refractivity contribution in [2.24, 2.45) is 5.92 Å². The molecule has 0 spiro atoms. The normalized spacial score (nSPS) is 23.3. The van der Waals surface area contributed by atoms with Crippen molar-refractivity contribution in [3.05, 3.63) is 58.6 Å². The maximum Gasteiger partial charge on any atom is 0.416 e. The summed E-state index contributed by atoms with van der Waals surface area (Å²) >= 11 is 6.08. The number of carbonyl (C=O) groups excluding carboxylic acids is 1. The average Bonchev–Trinajstić information content (AvgIpc) is 3.34. The minimum atomic E-state index is -4.37. The average molecular weight is 440 g/mol. The third-order valence-electron chi connectivity index (χ3n) is 5.44. The zero-order valence-corrected chi connectivity index (χ0v) is 16.8. The Morgan fingerprint density at radius 2 is 1.97 bits per heavy atom. The van der Waals surface area contributed by atoms with Crippen LogP contribution in [0.25, 0.3) is 0 Å². The Labute approximate surface area is 177 Å². The number of anilines is 1. The lowest BCUT2D eigenvalue weighted by molar-refractivity contribution is -0.137. The van der Waals surface area contributed by atoms with Gasteiger partial charge in [0.1, 0.15) is 12.4 Å². The Morgan fingerprint density at radius 3 is 2.63 bits per heavy atom. The Bertz CT molecular complexity index is 911. The van der Waals surface area contributed by atoms with Gasteiger partial charge in [0.2, 0.25) is 5.91 Å². The van der Waals surface area contributed by atoms with Gasteiger partial charge in [0.05, 0.1) is 17.4 Å². The van der Waals surface area contributed by atoms with Crippen LogP contribution in [0.15, 0.2) is 42.5 Å². The lowest BCUT2D eigenvalue weighted by Gasteiger charge is -2.15. The molecule has 1 aliphatic carbocycles. The molecule has 4 nitrogen and oxygen atoms in total. The van der Waals surface area contributed by atoms with E-state index in [1.165, 1.54) is 12.1 Å². The minimum absolute atomic E-state index is 0.0386. The summed E-state index contributed by atoms with van der Waals surface area (Å²) in [4.78, 5) is 12.7. The summed E-state index contributed by atoms with van der Waals surface area (Å²) < 4.78 is 49.5. The number of nitrogens with one attached hydrogen (secondary N) is 1. The van der Waals surface area contributed by atoms with Crippen LogP contribution >= 0.6 is 11.6 Å². The summed E-state index contributed by atoms with van der Waals surface area (Å²) in [5.74, 6) is -0.0893. The smallest absolute Gasteiger partial charge is 0.416 e. The highest BCUT2D eigenvalue weighted by molar-refractivity contribution is 6.31. The maximum atomic E-state index is 12.7. The van der Waals surface area contributed by atoms with Gasteiger partial charge in [-0.25, -0.2) is 0 Å². The quantitative estimate of drug-likeness (QED) is 0.632. The third-order valence-corrected chi connectivity index (χ3v) is 5.68. The van der Waals surface area contributed by atoms with E-state index in [1.54, 1.807) is 18.2 Å². The molecule has 0 radical (unpaired) electrons. The number of hydrogen-bond donors (Lipinski definition) is 1. The van der Waals surface area contributed by atoms with Gasteiger partial charge < -0.3 is 14.8 Å². The molecule has 8 heteroatoms. The molecule has 0 aromatic heterocycles. The number of amides is 1. The molecule has 2 fully saturated rings. The molecule has 2 aromatic carbocycles. The van der Waals surface area contributed by atoms with Crippen molar-refractivity contribution >= 4 is 23.2 Å². The number of benzene rings is 2. The molecule has 1 saturated carbocycles. The molecule has 3 atom stereocenters. The zero-order valence-electron chi connectivity index (χ0n) is 16.0. The highest BCUT2D eigenvalue weighted by Crippen LogP contribution is 2.48. The van der Waals surface area contributed by atoms with Crippen LogP contribution in [0, 0.1) is 5.92 Å². The molecule has 1 amide bonds. The molecule has 4 rings (SSSR count). The van der Waals surface area contributed by atoms with Gasteiger partial charge in [-0.3, -0.25) is 4.79 Å². The van der Waals surface area contributed by atoms with Crippen molar-refractivity contribution in [1.82, 2.24) is 0 Å². The Kier molecular flexibility index (Phi) is 5.93. The van der Waals surface area contributed by atoms with Crippen LogP contribution in [0.3, 0.4) is 0 Å². The summed E-state index contributed by atoms with van der Waals surface area (Å²) in [5.41, 5.74) is 0.507. The van der Waals surface area contributed by atoms with E-state index in [1.807, 2.05) is 0 Å². The van der Waals surface area contributed by atoms with E-state index in [4.69, 9.17) is 21.1 Å². The topological polar surface area (TPSA) is 47.6 Å². The Morgan fingerprint density at radius 1 is 1.20 bits per heavy atom. The largest absolute Gasteiger partial charge is 0.489 e. The number of halogens is 4. The molecule has 3 unspecified atom stereocenters. The van der Waals surface area contributed by atoms with Gasteiger partial charge in [0, 0.05) is 17.5 Å². The molecule has 160 valence electrons. The van der Waals surface area contributed by atoms with Gasteiger partial charge in [-0.15, -0.1) is 0 Å². The van der Waals surface area contributed by atoms with Crippen molar-refractivity contribution in [3.63, 3.8) is 0 Å². The second kappa shape index (κ2) is 8.47. The summed E-state index contributed by atoms with van der Waals surface area (Å²) in [7, 11) is 0. The van der Waals surface area contributed by atoms with E-state index < -0.39 is 11.7 Å². The molecule has 1 aliphatic heterocycles. The molecule has 1 heterocycles. The predicted octanol–water partition coefficient (Wildman–Crippen LogP) is 5.66. The minimum Gasteiger partial charge on any atom is -0.489 e. The Hall–Kier alpha value is -2.25. The van der Waals surface area contributed by atoms with Crippen LogP contribution in [-0.2, 0) is 15.7 Å². The highest BCUT2D eigenvalue weighted by atomic mass is 35.5. The van der Waals surface area contributed by atoms with Crippen LogP contribution in [0.5, 0.6) is 5.75 Å². The van der Waals surface area contributed by atoms with Gasteiger partial charge >= 0.3 is 6.18 Å². The zero-order chi connectivity index (χ0) is 21.3. The number of rotatable bonds is 6. The lowest BCUT2D eigenvalue weighted by atomic mass is 10.1. The summed E-state index contributed by atoms with van der Waals surface area (Å²) in [6.07, 6.45) is -1.80. The summed E-state index contributed by atoms with van der Waals surface area (Å²) in [6, 6.07) is 10.00. The lowest BCUT2D eigenvalue weighted by Crippen LogP contribution is -2.19. The van der Waals surface area contributed by atoms with E-state index in [-0.39, 0.29) is 23.8 Å². The first-order chi connectivity index (χ1) is 14.3. The standard InChI is InChI=1S/C22H21ClF3NO3/c23-15-7-8-20(30-12-16-2-1-9-29-16)19(10-15)27-21(28)18-11-17(18)13-3-5-14(6-4-13)22(24,25)26/h3-8,10,16-18H,1-2,9,11-12H2,(H,27,28). The van der Waals surface area contributed by atoms with Crippen LogP contribution < -0.4 is 10.1 Å². The van der Waals surface area contributed by atoms with Gasteiger partial charge in [0.15, 0.2) is 0 Å². The van der Waals surface area contributed by atoms with E-state index in [2.05, 4.69) is 5.32 Å². The number of ether oxygens (including phenoxy) is 2. The molecular weight excluding hydrogens is 419 g/mol. The monoisotopic (exact) mass is 439 g/mol. The number of alkyl halides is 3. The molecule has 1 saturated heterocycles. The van der Waals surface area contributed by atoms with Gasteiger partial charge in [0.25, 0.3) is 0 Å². The van der Waals surface area contributed by atoms with Crippen molar-refractivity contribution < 1.29 is 27.4 Å². The fraction of sp³-hybridized carbons (Fsp3) is 0.409. The van der Waals surface area contributed by atoms with Crippen molar-refractivity contribution in [2.75, 3.05) is 18.5 Å². The molecule has 1 N–H and O–H groups in total. The van der Waals surface area contributed by atoms with E-state index in [0.29, 0.717) is 29.5 Å². The van der Waals surface area contributed by atoms with Crippen LogP contribution in [-0.4, -0.2) is 25.2 Å². The van der Waals surface area contributed by atoms with Gasteiger partial charge in [-0.1, -0.05) is 23.7 Å². The van der Waals surface area contributed by atoms with Crippen LogP contribution in [0.1, 0.15) is 36.3 Å². The SMILES string of the molecule is O=C(Nc1cc(Cl)ccc1OCC1CCCO1)C1CC1c1ccc(C(F)(F)F)cc1. The first kappa shape index (κ1) is 21.0. The molecule has 30 heavy (non-hydrogen) atoms. The number of carbonyl (C=O) groups is 1. The number of hydrogen-bond acceptors (Lipinski definition) is 3. The van der Waals surface area contributed by atoms with Gasteiger partial charge in [-0.05, 0) is 61.1 Å². The highest BCUT2D eigenvalue weighted by Gasteiger charge is 2.44. The van der Waals surface area contributed by atoms with Gasteiger partial charge in [-0.2, -0.15) is 13.2 Å². The second-order valence-electron chi connectivity index (χ2n) is 7.64. The first-order valence-electron chi connectivity index (χ1n) is 9.83. The van der Waals surface area contributed by atoms with E-state index in [0.717, 1.165) is 37.1 Å². The van der Waals surface area contributed by atoms with E-state index >= 15 is 0 Å². The fourth-order valence-corrected chi connectivity index (χ4v) is 3.85.